The van der Waals surface area contributed by atoms with Crippen LogP contribution < -0.4 is 0 Å². The molecule has 1 aliphatic carbocycles. The lowest BCUT2D eigenvalue weighted by atomic mass is 10.1. The number of benzene rings is 1. The largest absolute Gasteiger partial charge is 0.507 e. The molecule has 2 nitrogen and oxygen atoms in total. The summed E-state index contributed by atoms with van der Waals surface area (Å²) < 4.78 is 25.3. The monoisotopic (exact) mass is 186 g/mol. The van der Waals surface area contributed by atoms with Gasteiger partial charge in [-0.3, -0.25) is 0 Å². The fraction of sp³-hybridized carbons (Fsp3) is 0.333. The van der Waals surface area contributed by atoms with Gasteiger partial charge in [0.25, 0.3) is 0 Å². The summed E-state index contributed by atoms with van der Waals surface area (Å²) in [5.41, 5.74) is -1.06. The first-order valence-electron chi connectivity index (χ1n) is 3.94. The second-order valence-corrected chi connectivity index (χ2v) is 3.32. The highest BCUT2D eigenvalue weighted by atomic mass is 19.2. The Morgan fingerprint density at radius 3 is 2.23 bits per heavy atom. The first kappa shape index (κ1) is 8.44. The van der Waals surface area contributed by atoms with E-state index in [1.54, 1.807) is 0 Å². The number of phenolic OH excluding ortho intramolecular Hbond substituents is 1. The molecule has 1 aliphatic rings. The molecule has 70 valence electrons. The second-order valence-electron chi connectivity index (χ2n) is 3.32. The minimum atomic E-state index is -1.14. The highest BCUT2D eigenvalue weighted by Crippen LogP contribution is 2.48. The minimum Gasteiger partial charge on any atom is -0.507 e. The van der Waals surface area contributed by atoms with Gasteiger partial charge in [0.1, 0.15) is 5.75 Å². The Morgan fingerprint density at radius 2 is 1.69 bits per heavy atom. The van der Waals surface area contributed by atoms with E-state index in [4.69, 9.17) is 0 Å². The molecule has 1 aromatic carbocycles. The fourth-order valence-electron chi connectivity index (χ4n) is 1.30. The van der Waals surface area contributed by atoms with Gasteiger partial charge in [0.15, 0.2) is 11.6 Å². The summed E-state index contributed by atoms with van der Waals surface area (Å²) in [6.45, 7) is 0. The molecule has 1 saturated carbocycles. The smallest absolute Gasteiger partial charge is 0.162 e. The molecule has 2 rings (SSSR count). The maximum absolute atomic E-state index is 12.7. The predicted molar refractivity (Wildman–Crippen MR) is 41.2 cm³/mol. The fourth-order valence-corrected chi connectivity index (χ4v) is 1.30. The number of rotatable bonds is 1. The molecule has 1 aromatic rings. The number of hydrogen-bond donors (Lipinski definition) is 2. The van der Waals surface area contributed by atoms with E-state index in [9.17, 15) is 19.0 Å². The molecule has 0 unspecified atom stereocenters. The number of aromatic hydroxyl groups is 1. The topological polar surface area (TPSA) is 40.5 Å². The van der Waals surface area contributed by atoms with Crippen LogP contribution in [-0.2, 0) is 5.60 Å². The molecule has 0 amide bonds. The van der Waals surface area contributed by atoms with Crippen LogP contribution in [0.4, 0.5) is 8.78 Å². The van der Waals surface area contributed by atoms with Crippen molar-refractivity contribution in [1.29, 1.82) is 0 Å². The highest BCUT2D eigenvalue weighted by molar-refractivity contribution is 5.40. The van der Waals surface area contributed by atoms with E-state index >= 15 is 0 Å². The van der Waals surface area contributed by atoms with E-state index in [0.29, 0.717) is 18.9 Å². The number of halogens is 2. The summed E-state index contributed by atoms with van der Waals surface area (Å²) in [5.74, 6) is -2.54. The van der Waals surface area contributed by atoms with Crippen LogP contribution in [0.25, 0.3) is 0 Å². The van der Waals surface area contributed by atoms with E-state index in [2.05, 4.69) is 0 Å². The van der Waals surface area contributed by atoms with Crippen molar-refractivity contribution in [2.45, 2.75) is 18.4 Å². The third-order valence-electron chi connectivity index (χ3n) is 2.26. The standard InChI is InChI=1S/C9H8F2O2/c10-6-3-5(9(13)1-2-9)8(12)4-7(6)11/h3-4,12-13H,1-2H2. The summed E-state index contributed by atoms with van der Waals surface area (Å²) in [7, 11) is 0. The van der Waals surface area contributed by atoms with Crippen LogP contribution in [0.15, 0.2) is 12.1 Å². The van der Waals surface area contributed by atoms with Crippen molar-refractivity contribution < 1.29 is 19.0 Å². The average molecular weight is 186 g/mol. The number of hydrogen-bond acceptors (Lipinski definition) is 2. The van der Waals surface area contributed by atoms with Gasteiger partial charge >= 0.3 is 0 Å². The molecular weight excluding hydrogens is 178 g/mol. The van der Waals surface area contributed by atoms with Crippen molar-refractivity contribution in [3.63, 3.8) is 0 Å². The predicted octanol–water partition coefficient (Wildman–Crippen LogP) is 1.65. The maximum atomic E-state index is 12.7. The Bertz CT molecular complexity index is 359. The Hall–Kier alpha value is -1.16. The Kier molecular flexibility index (Phi) is 1.57. The van der Waals surface area contributed by atoms with Crippen LogP contribution in [-0.4, -0.2) is 10.2 Å². The van der Waals surface area contributed by atoms with Gasteiger partial charge in [-0.15, -0.1) is 0 Å². The summed E-state index contributed by atoms with van der Waals surface area (Å²) in [4.78, 5) is 0. The van der Waals surface area contributed by atoms with Crippen molar-refractivity contribution in [2.24, 2.45) is 0 Å². The van der Waals surface area contributed by atoms with Crippen LogP contribution in [0.2, 0.25) is 0 Å². The van der Waals surface area contributed by atoms with Gasteiger partial charge in [-0.25, -0.2) is 8.78 Å². The summed E-state index contributed by atoms with van der Waals surface area (Å²) in [6.07, 6.45) is 0.956. The van der Waals surface area contributed by atoms with Gasteiger partial charge in [0.05, 0.1) is 5.60 Å². The highest BCUT2D eigenvalue weighted by Gasteiger charge is 2.44. The summed E-state index contributed by atoms with van der Waals surface area (Å²) in [5, 5.41) is 18.8. The lowest BCUT2D eigenvalue weighted by molar-refractivity contribution is 0.147. The molecule has 1 fully saturated rings. The lowest BCUT2D eigenvalue weighted by Crippen LogP contribution is -2.05. The van der Waals surface area contributed by atoms with E-state index in [-0.39, 0.29) is 11.3 Å². The van der Waals surface area contributed by atoms with E-state index < -0.39 is 17.2 Å². The molecule has 0 spiro atoms. The zero-order valence-corrected chi connectivity index (χ0v) is 6.72. The van der Waals surface area contributed by atoms with Crippen LogP contribution in [0.3, 0.4) is 0 Å². The molecule has 13 heavy (non-hydrogen) atoms. The third kappa shape index (κ3) is 1.27. The van der Waals surface area contributed by atoms with Crippen molar-refractivity contribution in [3.05, 3.63) is 29.3 Å². The van der Waals surface area contributed by atoms with Gasteiger partial charge in [0.2, 0.25) is 0 Å². The molecule has 0 aromatic heterocycles. The average Bonchev–Trinajstić information content (AvgIpc) is 2.77. The van der Waals surface area contributed by atoms with Crippen molar-refractivity contribution in [3.8, 4) is 5.75 Å². The summed E-state index contributed by atoms with van der Waals surface area (Å²) in [6, 6.07) is 1.53. The second kappa shape index (κ2) is 2.42. The van der Waals surface area contributed by atoms with E-state index in [0.717, 1.165) is 6.07 Å². The summed E-state index contributed by atoms with van der Waals surface area (Å²) >= 11 is 0. The zero-order chi connectivity index (χ0) is 9.64. The van der Waals surface area contributed by atoms with Gasteiger partial charge in [-0.05, 0) is 18.9 Å². The first-order chi connectivity index (χ1) is 6.03. The van der Waals surface area contributed by atoms with E-state index in [1.165, 1.54) is 0 Å². The molecule has 0 atom stereocenters. The maximum Gasteiger partial charge on any atom is 0.162 e. The van der Waals surface area contributed by atoms with Crippen LogP contribution in [0.1, 0.15) is 18.4 Å². The van der Waals surface area contributed by atoms with Gasteiger partial charge in [0, 0.05) is 11.6 Å². The van der Waals surface area contributed by atoms with Crippen LogP contribution in [0, 0.1) is 11.6 Å². The van der Waals surface area contributed by atoms with E-state index in [1.807, 2.05) is 0 Å². The number of aliphatic hydroxyl groups is 1. The molecule has 4 heteroatoms. The Balaban J connectivity index is 2.52. The normalized spacial score (nSPS) is 18.7. The SMILES string of the molecule is Oc1cc(F)c(F)cc1C1(O)CC1. The zero-order valence-electron chi connectivity index (χ0n) is 6.72. The molecule has 0 bridgehead atoms. The van der Waals surface area contributed by atoms with Gasteiger partial charge in [-0.1, -0.05) is 0 Å². The van der Waals surface area contributed by atoms with Crippen LogP contribution in [0.5, 0.6) is 5.75 Å². The van der Waals surface area contributed by atoms with Crippen molar-refractivity contribution in [2.75, 3.05) is 0 Å². The van der Waals surface area contributed by atoms with Crippen LogP contribution >= 0.6 is 0 Å². The number of phenols is 1. The van der Waals surface area contributed by atoms with Gasteiger partial charge in [-0.2, -0.15) is 0 Å². The van der Waals surface area contributed by atoms with Crippen molar-refractivity contribution >= 4 is 0 Å². The molecular formula is C9H8F2O2. The molecule has 0 aliphatic heterocycles. The quantitative estimate of drug-likeness (QED) is 0.700. The molecule has 0 heterocycles. The Morgan fingerprint density at radius 1 is 1.15 bits per heavy atom. The van der Waals surface area contributed by atoms with Gasteiger partial charge < -0.3 is 10.2 Å². The molecule has 2 N–H and O–H groups in total. The molecule has 0 radical (unpaired) electrons. The Labute approximate surface area is 73.4 Å². The lowest BCUT2D eigenvalue weighted by Gasteiger charge is -2.10. The molecule has 0 saturated heterocycles. The first-order valence-corrected chi connectivity index (χ1v) is 3.94. The third-order valence-corrected chi connectivity index (χ3v) is 2.26. The minimum absolute atomic E-state index is 0.0754. The van der Waals surface area contributed by atoms with Crippen molar-refractivity contribution in [1.82, 2.24) is 0 Å².